The van der Waals surface area contributed by atoms with Crippen LogP contribution in [0.5, 0.6) is 0 Å². The maximum absolute atomic E-state index is 12.5. The number of rotatable bonds is 10. The number of aldehydes is 1. The van der Waals surface area contributed by atoms with Crippen LogP contribution in [-0.4, -0.2) is 6.29 Å². The fourth-order valence-corrected chi connectivity index (χ4v) is 5.77. The van der Waals surface area contributed by atoms with Crippen molar-refractivity contribution in [3.05, 3.63) is 0 Å². The standard InChI is InChI=1S/C23H42O/c1-3-5-12-20(4-2)17-18-23(19-24,21-13-8-6-9-14-21)22-15-10-7-11-16-22/h19-22H,3-18H2,1-2H3. The van der Waals surface area contributed by atoms with E-state index in [0.29, 0.717) is 11.8 Å². The molecule has 0 N–H and O–H groups in total. The van der Waals surface area contributed by atoms with Gasteiger partial charge in [0.25, 0.3) is 0 Å². The van der Waals surface area contributed by atoms with Gasteiger partial charge in [0.2, 0.25) is 0 Å². The summed E-state index contributed by atoms with van der Waals surface area (Å²) in [5.74, 6) is 2.22. The van der Waals surface area contributed by atoms with Gasteiger partial charge >= 0.3 is 0 Å². The largest absolute Gasteiger partial charge is 0.303 e. The first-order valence-electron chi connectivity index (χ1n) is 11.2. The summed E-state index contributed by atoms with van der Waals surface area (Å²) in [7, 11) is 0. The predicted octanol–water partition coefficient (Wildman–Crippen LogP) is 7.33. The van der Waals surface area contributed by atoms with E-state index in [0.717, 1.165) is 5.92 Å². The Morgan fingerprint density at radius 2 is 1.42 bits per heavy atom. The zero-order chi connectivity index (χ0) is 17.3. The van der Waals surface area contributed by atoms with Gasteiger partial charge in [-0.25, -0.2) is 0 Å². The van der Waals surface area contributed by atoms with Crippen LogP contribution in [-0.2, 0) is 4.79 Å². The quantitative estimate of drug-likeness (QED) is 0.382. The molecule has 1 atom stereocenters. The van der Waals surface area contributed by atoms with Crippen LogP contribution in [0, 0.1) is 23.2 Å². The van der Waals surface area contributed by atoms with Crippen molar-refractivity contribution in [2.45, 2.75) is 117 Å². The van der Waals surface area contributed by atoms with Crippen LogP contribution < -0.4 is 0 Å². The average molecular weight is 335 g/mol. The van der Waals surface area contributed by atoms with E-state index in [9.17, 15) is 4.79 Å². The SMILES string of the molecule is CCCCC(CC)CCC(C=O)(C1CCCCC1)C1CCCCC1. The van der Waals surface area contributed by atoms with Gasteiger partial charge in [-0.1, -0.05) is 78.1 Å². The maximum atomic E-state index is 12.5. The van der Waals surface area contributed by atoms with Gasteiger partial charge in [-0.05, 0) is 56.3 Å². The Balaban J connectivity index is 2.09. The van der Waals surface area contributed by atoms with Crippen LogP contribution in [0.4, 0.5) is 0 Å². The average Bonchev–Trinajstić information content (AvgIpc) is 2.66. The summed E-state index contributed by atoms with van der Waals surface area (Å²) in [6.45, 7) is 4.65. The van der Waals surface area contributed by atoms with Gasteiger partial charge in [0.15, 0.2) is 0 Å². The van der Waals surface area contributed by atoms with E-state index in [4.69, 9.17) is 0 Å². The van der Waals surface area contributed by atoms with Crippen molar-refractivity contribution in [2.75, 3.05) is 0 Å². The molecule has 1 unspecified atom stereocenters. The molecule has 1 nitrogen and oxygen atoms in total. The summed E-state index contributed by atoms with van der Waals surface area (Å²) in [6.07, 6.45) is 22.8. The molecule has 2 fully saturated rings. The number of carbonyl (C=O) groups is 1. The Bertz CT molecular complexity index is 318. The summed E-state index contributed by atoms with van der Waals surface area (Å²) in [5, 5.41) is 0. The van der Waals surface area contributed by atoms with Gasteiger partial charge in [0.1, 0.15) is 6.29 Å². The molecule has 0 saturated heterocycles. The molecular formula is C23H42O. The second kappa shape index (κ2) is 10.6. The van der Waals surface area contributed by atoms with Crippen LogP contribution in [0.15, 0.2) is 0 Å². The van der Waals surface area contributed by atoms with Crippen LogP contribution in [0.2, 0.25) is 0 Å². The highest BCUT2D eigenvalue weighted by Gasteiger charge is 2.45. The molecule has 2 saturated carbocycles. The molecule has 0 amide bonds. The first kappa shape index (κ1) is 20.0. The molecule has 2 aliphatic rings. The van der Waals surface area contributed by atoms with Gasteiger partial charge in [0.05, 0.1) is 0 Å². The van der Waals surface area contributed by atoms with Crippen molar-refractivity contribution in [3.8, 4) is 0 Å². The molecule has 0 aromatic carbocycles. The zero-order valence-corrected chi connectivity index (χ0v) is 16.5. The predicted molar refractivity (Wildman–Crippen MR) is 104 cm³/mol. The highest BCUT2D eigenvalue weighted by molar-refractivity contribution is 5.61. The minimum Gasteiger partial charge on any atom is -0.303 e. The molecular weight excluding hydrogens is 292 g/mol. The second-order valence-electron chi connectivity index (χ2n) is 8.86. The lowest BCUT2D eigenvalue weighted by atomic mass is 9.57. The lowest BCUT2D eigenvalue weighted by Gasteiger charge is -2.46. The van der Waals surface area contributed by atoms with E-state index in [1.165, 1.54) is 109 Å². The molecule has 2 aliphatic carbocycles. The van der Waals surface area contributed by atoms with Gasteiger partial charge in [-0.3, -0.25) is 0 Å². The normalized spacial score (nSPS) is 22.4. The molecule has 140 valence electrons. The molecule has 1 heteroatoms. The van der Waals surface area contributed by atoms with E-state index in [1.54, 1.807) is 0 Å². The third kappa shape index (κ3) is 5.09. The Kier molecular flexibility index (Phi) is 8.84. The fourth-order valence-electron chi connectivity index (χ4n) is 5.77. The van der Waals surface area contributed by atoms with E-state index in [1.807, 2.05) is 0 Å². The Morgan fingerprint density at radius 1 is 0.875 bits per heavy atom. The number of carbonyl (C=O) groups excluding carboxylic acids is 1. The molecule has 0 heterocycles. The van der Waals surface area contributed by atoms with E-state index >= 15 is 0 Å². The lowest BCUT2D eigenvalue weighted by molar-refractivity contribution is -0.126. The van der Waals surface area contributed by atoms with Crippen LogP contribution in [0.25, 0.3) is 0 Å². The molecule has 0 radical (unpaired) electrons. The van der Waals surface area contributed by atoms with E-state index in [2.05, 4.69) is 13.8 Å². The molecule has 2 rings (SSSR count). The summed E-state index contributed by atoms with van der Waals surface area (Å²) < 4.78 is 0. The van der Waals surface area contributed by atoms with Crippen molar-refractivity contribution in [1.29, 1.82) is 0 Å². The molecule has 0 aromatic rings. The third-order valence-electron chi connectivity index (χ3n) is 7.48. The first-order valence-corrected chi connectivity index (χ1v) is 11.2. The molecule has 0 bridgehead atoms. The summed E-state index contributed by atoms with van der Waals surface area (Å²) in [5.41, 5.74) is 0.0282. The van der Waals surface area contributed by atoms with E-state index in [-0.39, 0.29) is 5.41 Å². The summed E-state index contributed by atoms with van der Waals surface area (Å²) in [4.78, 5) is 12.5. The van der Waals surface area contributed by atoms with Crippen molar-refractivity contribution in [2.24, 2.45) is 23.2 Å². The smallest absolute Gasteiger partial charge is 0.126 e. The number of hydrogen-bond donors (Lipinski definition) is 0. The molecule has 0 aromatic heterocycles. The minimum atomic E-state index is 0.0282. The maximum Gasteiger partial charge on any atom is 0.126 e. The van der Waals surface area contributed by atoms with Crippen LogP contribution in [0.1, 0.15) is 117 Å². The van der Waals surface area contributed by atoms with Crippen molar-refractivity contribution < 1.29 is 4.79 Å². The zero-order valence-electron chi connectivity index (χ0n) is 16.5. The molecule has 0 spiro atoms. The highest BCUT2D eigenvalue weighted by Crippen LogP contribution is 2.51. The number of unbranched alkanes of at least 4 members (excludes halogenated alkanes) is 1. The van der Waals surface area contributed by atoms with Crippen molar-refractivity contribution in [3.63, 3.8) is 0 Å². The lowest BCUT2D eigenvalue weighted by Crippen LogP contribution is -2.42. The van der Waals surface area contributed by atoms with Crippen LogP contribution >= 0.6 is 0 Å². The Hall–Kier alpha value is -0.330. The first-order chi connectivity index (χ1) is 11.8. The van der Waals surface area contributed by atoms with E-state index < -0.39 is 0 Å². The Morgan fingerprint density at radius 3 is 1.83 bits per heavy atom. The van der Waals surface area contributed by atoms with Gasteiger partial charge in [-0.15, -0.1) is 0 Å². The number of hydrogen-bond acceptors (Lipinski definition) is 1. The van der Waals surface area contributed by atoms with Crippen molar-refractivity contribution >= 4 is 6.29 Å². The third-order valence-corrected chi connectivity index (χ3v) is 7.48. The summed E-state index contributed by atoms with van der Waals surface area (Å²) in [6, 6.07) is 0. The molecule has 24 heavy (non-hydrogen) atoms. The van der Waals surface area contributed by atoms with Gasteiger partial charge < -0.3 is 4.79 Å². The monoisotopic (exact) mass is 334 g/mol. The summed E-state index contributed by atoms with van der Waals surface area (Å²) >= 11 is 0. The minimum absolute atomic E-state index is 0.0282. The van der Waals surface area contributed by atoms with Gasteiger partial charge in [0, 0.05) is 5.41 Å². The highest BCUT2D eigenvalue weighted by atomic mass is 16.1. The fraction of sp³-hybridized carbons (Fsp3) is 0.957. The van der Waals surface area contributed by atoms with Gasteiger partial charge in [-0.2, -0.15) is 0 Å². The van der Waals surface area contributed by atoms with Crippen molar-refractivity contribution in [1.82, 2.24) is 0 Å². The van der Waals surface area contributed by atoms with Crippen LogP contribution in [0.3, 0.4) is 0 Å². The molecule has 0 aliphatic heterocycles. The Labute approximate surface area is 151 Å². The second-order valence-corrected chi connectivity index (χ2v) is 8.86. The topological polar surface area (TPSA) is 17.1 Å².